The molecule has 0 spiro atoms. The van der Waals surface area contributed by atoms with Crippen LogP contribution < -0.4 is 0 Å². The van der Waals surface area contributed by atoms with E-state index in [1.165, 1.54) is 0 Å². The van der Waals surface area contributed by atoms with Crippen molar-refractivity contribution in [3.63, 3.8) is 0 Å². The molecule has 0 saturated heterocycles. The summed E-state index contributed by atoms with van der Waals surface area (Å²) in [5, 5.41) is 0. The summed E-state index contributed by atoms with van der Waals surface area (Å²) < 4.78 is 0.956. The average molecular weight is 223 g/mol. The summed E-state index contributed by atoms with van der Waals surface area (Å²) in [6.45, 7) is 1.96. The van der Waals surface area contributed by atoms with Crippen LogP contribution in [0.4, 0.5) is 0 Å². The van der Waals surface area contributed by atoms with Gasteiger partial charge in [-0.15, -0.1) is 0 Å². The Morgan fingerprint density at radius 1 is 1.25 bits per heavy atom. The molecule has 60 valence electrons. The lowest BCUT2D eigenvalue weighted by molar-refractivity contribution is 0.105. The minimum atomic E-state index is 0.115. The van der Waals surface area contributed by atoms with Gasteiger partial charge >= 0.3 is 0 Å². The van der Waals surface area contributed by atoms with E-state index in [9.17, 15) is 4.79 Å². The number of benzene rings is 1. The van der Waals surface area contributed by atoms with Gasteiger partial charge in [-0.1, -0.05) is 22.0 Å². The molecule has 0 radical (unpaired) electrons. The zero-order valence-electron chi connectivity index (χ0n) is 6.60. The summed E-state index contributed by atoms with van der Waals surface area (Å²) in [5.74, 6) is 0.115. The number of hydrogen-bond acceptors (Lipinski definition) is 1. The highest BCUT2D eigenvalue weighted by Crippen LogP contribution is 2.28. The molecule has 0 fully saturated rings. The summed E-state index contributed by atoms with van der Waals surface area (Å²) in [5.41, 5.74) is 2.92. The Hall–Kier alpha value is -0.890. The Morgan fingerprint density at radius 2 is 2.00 bits per heavy atom. The van der Waals surface area contributed by atoms with E-state index < -0.39 is 0 Å². The van der Waals surface area contributed by atoms with E-state index in [1.807, 2.05) is 25.1 Å². The van der Waals surface area contributed by atoms with Gasteiger partial charge in [0.25, 0.3) is 0 Å². The molecule has 0 amide bonds. The second kappa shape index (κ2) is 2.56. The molecule has 2 rings (SSSR count). The Bertz CT molecular complexity index is 391. The lowest BCUT2D eigenvalue weighted by Crippen LogP contribution is -1.90. The second-order valence-electron chi connectivity index (χ2n) is 2.88. The predicted molar refractivity (Wildman–Crippen MR) is 52.1 cm³/mol. The highest BCUT2D eigenvalue weighted by atomic mass is 79.9. The summed E-state index contributed by atoms with van der Waals surface area (Å²) in [6.07, 6.45) is 1.68. The Kier molecular flexibility index (Phi) is 1.65. The summed E-state index contributed by atoms with van der Waals surface area (Å²) in [7, 11) is 0. The Morgan fingerprint density at radius 3 is 2.75 bits per heavy atom. The molecule has 0 aromatic heterocycles. The first kappa shape index (κ1) is 7.74. The standard InChI is InChI=1S/C10H7BrO/c1-6-4-10(12)9-5-7(11)2-3-8(6)9/h2-5H,1H3. The van der Waals surface area contributed by atoms with Crippen LogP contribution in [0.3, 0.4) is 0 Å². The Labute approximate surface area is 79.2 Å². The number of carbonyl (C=O) groups excluding carboxylic acids is 1. The fourth-order valence-corrected chi connectivity index (χ4v) is 1.78. The van der Waals surface area contributed by atoms with Gasteiger partial charge in [-0.2, -0.15) is 0 Å². The molecule has 0 unspecified atom stereocenters. The highest BCUT2D eigenvalue weighted by Gasteiger charge is 2.17. The largest absolute Gasteiger partial charge is 0.289 e. The minimum Gasteiger partial charge on any atom is -0.289 e. The number of halogens is 1. The molecule has 0 N–H and O–H groups in total. The number of fused-ring (bicyclic) bond motifs is 1. The first-order valence-corrected chi connectivity index (χ1v) is 4.50. The zero-order valence-corrected chi connectivity index (χ0v) is 8.18. The molecule has 1 aliphatic rings. The van der Waals surface area contributed by atoms with Gasteiger partial charge in [0.1, 0.15) is 0 Å². The Balaban J connectivity index is 2.68. The van der Waals surface area contributed by atoms with Gasteiger partial charge in [0.05, 0.1) is 0 Å². The molecule has 1 aromatic carbocycles. The van der Waals surface area contributed by atoms with E-state index in [4.69, 9.17) is 0 Å². The molecular formula is C10H7BrO. The molecule has 1 nitrogen and oxygen atoms in total. The van der Waals surface area contributed by atoms with Crippen LogP contribution in [0.25, 0.3) is 5.57 Å². The van der Waals surface area contributed by atoms with Gasteiger partial charge in [-0.25, -0.2) is 0 Å². The summed E-state index contributed by atoms with van der Waals surface area (Å²) >= 11 is 3.34. The van der Waals surface area contributed by atoms with Crippen molar-refractivity contribution in [2.75, 3.05) is 0 Å². The summed E-state index contributed by atoms with van der Waals surface area (Å²) in [6, 6.07) is 5.79. The van der Waals surface area contributed by atoms with Crippen LogP contribution in [0.15, 0.2) is 28.7 Å². The van der Waals surface area contributed by atoms with Crippen molar-refractivity contribution in [2.45, 2.75) is 6.92 Å². The van der Waals surface area contributed by atoms with Crippen molar-refractivity contribution in [3.05, 3.63) is 39.9 Å². The zero-order chi connectivity index (χ0) is 8.72. The number of hydrogen-bond donors (Lipinski definition) is 0. The van der Waals surface area contributed by atoms with Crippen LogP contribution >= 0.6 is 15.9 Å². The maximum Gasteiger partial charge on any atom is 0.186 e. The number of rotatable bonds is 0. The van der Waals surface area contributed by atoms with Crippen molar-refractivity contribution in [1.82, 2.24) is 0 Å². The van der Waals surface area contributed by atoms with E-state index in [0.717, 1.165) is 21.2 Å². The highest BCUT2D eigenvalue weighted by molar-refractivity contribution is 9.10. The quantitative estimate of drug-likeness (QED) is 0.660. The normalized spacial score (nSPS) is 14.5. The maximum absolute atomic E-state index is 11.3. The molecule has 0 heterocycles. The molecule has 0 aliphatic heterocycles. The lowest BCUT2D eigenvalue weighted by Gasteiger charge is -1.99. The van der Waals surface area contributed by atoms with Gasteiger partial charge in [0.15, 0.2) is 5.78 Å². The molecule has 0 atom stereocenters. The third-order valence-corrected chi connectivity index (χ3v) is 2.51. The molecule has 0 saturated carbocycles. The topological polar surface area (TPSA) is 17.1 Å². The van der Waals surface area contributed by atoms with E-state index in [0.29, 0.717) is 0 Å². The fraction of sp³-hybridized carbons (Fsp3) is 0.100. The van der Waals surface area contributed by atoms with E-state index in [1.54, 1.807) is 6.08 Å². The monoisotopic (exact) mass is 222 g/mol. The fourth-order valence-electron chi connectivity index (χ4n) is 1.42. The molecule has 0 bridgehead atoms. The van der Waals surface area contributed by atoms with Gasteiger partial charge in [-0.05, 0) is 36.3 Å². The van der Waals surface area contributed by atoms with E-state index >= 15 is 0 Å². The van der Waals surface area contributed by atoms with E-state index in [-0.39, 0.29) is 5.78 Å². The molecule has 1 aromatic rings. The number of allylic oxidation sites excluding steroid dienone is 2. The average Bonchev–Trinajstić information content (AvgIpc) is 2.28. The van der Waals surface area contributed by atoms with E-state index in [2.05, 4.69) is 15.9 Å². The molecule has 1 aliphatic carbocycles. The van der Waals surface area contributed by atoms with Crippen LogP contribution in [-0.4, -0.2) is 5.78 Å². The molecule has 2 heteroatoms. The van der Waals surface area contributed by atoms with Crippen molar-refractivity contribution in [2.24, 2.45) is 0 Å². The molecule has 12 heavy (non-hydrogen) atoms. The van der Waals surface area contributed by atoms with Gasteiger partial charge < -0.3 is 0 Å². The third-order valence-electron chi connectivity index (χ3n) is 2.02. The second-order valence-corrected chi connectivity index (χ2v) is 3.80. The van der Waals surface area contributed by atoms with Crippen LogP contribution in [0.5, 0.6) is 0 Å². The van der Waals surface area contributed by atoms with Gasteiger partial charge in [0.2, 0.25) is 0 Å². The SMILES string of the molecule is CC1=CC(=O)c2cc(Br)ccc21. The van der Waals surface area contributed by atoms with Crippen molar-refractivity contribution in [1.29, 1.82) is 0 Å². The van der Waals surface area contributed by atoms with Crippen molar-refractivity contribution >= 4 is 27.3 Å². The minimum absolute atomic E-state index is 0.115. The van der Waals surface area contributed by atoms with Crippen LogP contribution in [0.1, 0.15) is 22.8 Å². The van der Waals surface area contributed by atoms with Crippen LogP contribution in [-0.2, 0) is 0 Å². The van der Waals surface area contributed by atoms with Gasteiger partial charge in [-0.3, -0.25) is 4.79 Å². The molecular weight excluding hydrogens is 216 g/mol. The predicted octanol–water partition coefficient (Wildman–Crippen LogP) is 3.05. The van der Waals surface area contributed by atoms with Crippen LogP contribution in [0.2, 0.25) is 0 Å². The van der Waals surface area contributed by atoms with Crippen molar-refractivity contribution in [3.8, 4) is 0 Å². The summed E-state index contributed by atoms with van der Waals surface area (Å²) in [4.78, 5) is 11.3. The lowest BCUT2D eigenvalue weighted by atomic mass is 10.1. The van der Waals surface area contributed by atoms with Crippen LogP contribution in [0, 0.1) is 0 Å². The number of ketones is 1. The first-order valence-electron chi connectivity index (χ1n) is 3.71. The smallest absolute Gasteiger partial charge is 0.186 e. The third kappa shape index (κ3) is 1.03. The van der Waals surface area contributed by atoms with Crippen molar-refractivity contribution < 1.29 is 4.79 Å². The first-order chi connectivity index (χ1) is 5.68. The number of carbonyl (C=O) groups is 1. The van der Waals surface area contributed by atoms with Gasteiger partial charge in [0, 0.05) is 10.0 Å². The maximum atomic E-state index is 11.3.